The van der Waals surface area contributed by atoms with E-state index < -0.39 is 23.7 Å². The van der Waals surface area contributed by atoms with E-state index in [1.165, 1.54) is 12.1 Å². The van der Waals surface area contributed by atoms with Gasteiger partial charge in [0.15, 0.2) is 6.10 Å². The fourth-order valence-electron chi connectivity index (χ4n) is 2.13. The van der Waals surface area contributed by atoms with Gasteiger partial charge in [0.2, 0.25) is 5.91 Å². The standard InChI is InChI=1S/C19H21FN2O4/c1-3-25-15-8-10-16(11-9-15)26-13(2)19(24)22-21-18(23)12-14-6-4-5-7-17(14)20/h4-11,13H,3,12H2,1-2H3,(H,21,23)(H,22,24)/t13-/m0/s1. The number of carbonyl (C=O) groups excluding carboxylic acids is 2. The predicted molar refractivity (Wildman–Crippen MR) is 94.1 cm³/mol. The van der Waals surface area contributed by atoms with Gasteiger partial charge in [-0.2, -0.15) is 0 Å². The van der Waals surface area contributed by atoms with Gasteiger partial charge in [0, 0.05) is 0 Å². The Bertz CT molecular complexity index is 749. The third-order valence-electron chi connectivity index (χ3n) is 3.45. The highest BCUT2D eigenvalue weighted by atomic mass is 19.1. The van der Waals surface area contributed by atoms with E-state index in [1.807, 2.05) is 6.92 Å². The molecule has 2 aromatic rings. The van der Waals surface area contributed by atoms with Gasteiger partial charge in [-0.3, -0.25) is 20.4 Å². The number of hydrogen-bond acceptors (Lipinski definition) is 4. The van der Waals surface area contributed by atoms with Crippen LogP contribution < -0.4 is 20.3 Å². The smallest absolute Gasteiger partial charge is 0.279 e. The molecule has 0 radical (unpaired) electrons. The van der Waals surface area contributed by atoms with E-state index >= 15 is 0 Å². The number of halogens is 1. The number of nitrogens with one attached hydrogen (secondary N) is 2. The van der Waals surface area contributed by atoms with Crippen LogP contribution in [0.15, 0.2) is 48.5 Å². The Hall–Kier alpha value is -3.09. The van der Waals surface area contributed by atoms with Gasteiger partial charge in [0.1, 0.15) is 17.3 Å². The molecular formula is C19H21FN2O4. The Morgan fingerprint density at radius 1 is 1.04 bits per heavy atom. The molecule has 2 rings (SSSR count). The number of carbonyl (C=O) groups is 2. The van der Waals surface area contributed by atoms with Crippen LogP contribution in [-0.4, -0.2) is 24.5 Å². The quantitative estimate of drug-likeness (QED) is 0.744. The molecule has 0 aromatic heterocycles. The molecule has 0 aliphatic carbocycles. The third-order valence-corrected chi connectivity index (χ3v) is 3.45. The van der Waals surface area contributed by atoms with Gasteiger partial charge in [0.05, 0.1) is 13.0 Å². The Morgan fingerprint density at radius 2 is 1.69 bits per heavy atom. The number of benzene rings is 2. The van der Waals surface area contributed by atoms with Crippen LogP contribution in [0.25, 0.3) is 0 Å². The van der Waals surface area contributed by atoms with E-state index in [4.69, 9.17) is 9.47 Å². The van der Waals surface area contributed by atoms with E-state index in [0.29, 0.717) is 18.1 Å². The zero-order valence-corrected chi connectivity index (χ0v) is 14.6. The maximum absolute atomic E-state index is 13.5. The summed E-state index contributed by atoms with van der Waals surface area (Å²) in [5, 5.41) is 0. The highest BCUT2D eigenvalue weighted by Gasteiger charge is 2.16. The van der Waals surface area contributed by atoms with Crippen molar-refractivity contribution >= 4 is 11.8 Å². The van der Waals surface area contributed by atoms with E-state index in [9.17, 15) is 14.0 Å². The highest BCUT2D eigenvalue weighted by molar-refractivity contribution is 5.85. The maximum Gasteiger partial charge on any atom is 0.279 e. The van der Waals surface area contributed by atoms with Crippen molar-refractivity contribution in [1.29, 1.82) is 0 Å². The van der Waals surface area contributed by atoms with Crippen LogP contribution in [0.4, 0.5) is 4.39 Å². The molecule has 0 unspecified atom stereocenters. The molecule has 1 atom stereocenters. The van der Waals surface area contributed by atoms with Crippen LogP contribution in [0.2, 0.25) is 0 Å². The first kappa shape index (κ1) is 19.2. The van der Waals surface area contributed by atoms with Gasteiger partial charge in [-0.15, -0.1) is 0 Å². The monoisotopic (exact) mass is 360 g/mol. The Labute approximate surface area is 151 Å². The van der Waals surface area contributed by atoms with Crippen LogP contribution in [0.5, 0.6) is 11.5 Å². The molecule has 0 aliphatic heterocycles. The first-order valence-corrected chi connectivity index (χ1v) is 8.21. The zero-order valence-electron chi connectivity index (χ0n) is 14.6. The molecule has 0 saturated heterocycles. The number of hydrazine groups is 1. The van der Waals surface area contributed by atoms with Crippen molar-refractivity contribution in [2.75, 3.05) is 6.61 Å². The van der Waals surface area contributed by atoms with Crippen molar-refractivity contribution in [2.24, 2.45) is 0 Å². The van der Waals surface area contributed by atoms with Crippen LogP contribution in [0, 0.1) is 5.82 Å². The van der Waals surface area contributed by atoms with Gasteiger partial charge in [-0.05, 0) is 49.7 Å². The van der Waals surface area contributed by atoms with Crippen LogP contribution in [-0.2, 0) is 16.0 Å². The van der Waals surface area contributed by atoms with Crippen LogP contribution in [0.3, 0.4) is 0 Å². The van der Waals surface area contributed by atoms with Gasteiger partial charge < -0.3 is 9.47 Å². The number of amides is 2. The Kier molecular flexibility index (Phi) is 6.96. The summed E-state index contributed by atoms with van der Waals surface area (Å²) in [7, 11) is 0. The van der Waals surface area contributed by atoms with Crippen molar-refractivity contribution in [3.63, 3.8) is 0 Å². The molecule has 6 nitrogen and oxygen atoms in total. The summed E-state index contributed by atoms with van der Waals surface area (Å²) in [6.45, 7) is 4.00. The Morgan fingerprint density at radius 3 is 2.35 bits per heavy atom. The lowest BCUT2D eigenvalue weighted by Gasteiger charge is -2.15. The minimum absolute atomic E-state index is 0.179. The molecule has 2 amide bonds. The molecule has 0 spiro atoms. The molecule has 138 valence electrons. The second-order valence-electron chi connectivity index (χ2n) is 5.47. The number of hydrogen-bond donors (Lipinski definition) is 2. The summed E-state index contributed by atoms with van der Waals surface area (Å²) < 4.78 is 24.3. The summed E-state index contributed by atoms with van der Waals surface area (Å²) in [6.07, 6.45) is -1.01. The SMILES string of the molecule is CCOc1ccc(O[C@@H](C)C(=O)NNC(=O)Cc2ccccc2F)cc1. The van der Waals surface area contributed by atoms with Gasteiger partial charge in [-0.25, -0.2) is 4.39 Å². The topological polar surface area (TPSA) is 76.7 Å². The van der Waals surface area contributed by atoms with Gasteiger partial charge in [0.25, 0.3) is 5.91 Å². The second-order valence-corrected chi connectivity index (χ2v) is 5.47. The van der Waals surface area contributed by atoms with E-state index in [1.54, 1.807) is 43.3 Å². The minimum atomic E-state index is -0.832. The van der Waals surface area contributed by atoms with Crippen molar-refractivity contribution < 1.29 is 23.5 Å². The molecule has 0 aliphatic rings. The highest BCUT2D eigenvalue weighted by Crippen LogP contribution is 2.18. The summed E-state index contributed by atoms with van der Waals surface area (Å²) in [5.41, 5.74) is 4.76. The maximum atomic E-state index is 13.5. The summed E-state index contributed by atoms with van der Waals surface area (Å²) in [6, 6.07) is 12.8. The molecule has 0 heterocycles. The Balaban J connectivity index is 1.79. The number of ether oxygens (including phenoxy) is 2. The largest absolute Gasteiger partial charge is 0.494 e. The van der Waals surface area contributed by atoms with Crippen molar-refractivity contribution in [3.8, 4) is 11.5 Å². The lowest BCUT2D eigenvalue weighted by atomic mass is 10.1. The first-order valence-electron chi connectivity index (χ1n) is 8.21. The molecule has 7 heteroatoms. The average Bonchev–Trinajstić information content (AvgIpc) is 2.63. The van der Waals surface area contributed by atoms with Crippen molar-refractivity contribution in [2.45, 2.75) is 26.4 Å². The predicted octanol–water partition coefficient (Wildman–Crippen LogP) is 2.38. The fourth-order valence-corrected chi connectivity index (χ4v) is 2.13. The normalized spacial score (nSPS) is 11.3. The number of rotatable bonds is 7. The summed E-state index contributed by atoms with van der Waals surface area (Å²) >= 11 is 0. The molecule has 2 aromatic carbocycles. The second kappa shape index (κ2) is 9.41. The molecule has 2 N–H and O–H groups in total. The van der Waals surface area contributed by atoms with E-state index in [-0.39, 0.29) is 12.0 Å². The van der Waals surface area contributed by atoms with E-state index in [2.05, 4.69) is 10.9 Å². The first-order chi connectivity index (χ1) is 12.5. The van der Waals surface area contributed by atoms with Crippen molar-refractivity contribution in [1.82, 2.24) is 10.9 Å². The molecule has 0 saturated carbocycles. The van der Waals surface area contributed by atoms with Gasteiger partial charge in [-0.1, -0.05) is 18.2 Å². The summed E-state index contributed by atoms with van der Waals surface area (Å²) in [5.74, 6) is -0.329. The van der Waals surface area contributed by atoms with Crippen molar-refractivity contribution in [3.05, 3.63) is 59.9 Å². The van der Waals surface area contributed by atoms with E-state index in [0.717, 1.165) is 0 Å². The minimum Gasteiger partial charge on any atom is -0.494 e. The lowest BCUT2D eigenvalue weighted by molar-refractivity contribution is -0.132. The average molecular weight is 360 g/mol. The zero-order chi connectivity index (χ0) is 18.9. The molecular weight excluding hydrogens is 339 g/mol. The lowest BCUT2D eigenvalue weighted by Crippen LogP contribution is -2.47. The molecule has 0 fully saturated rings. The van der Waals surface area contributed by atoms with Crippen LogP contribution >= 0.6 is 0 Å². The fraction of sp³-hybridized carbons (Fsp3) is 0.263. The van der Waals surface area contributed by atoms with Crippen LogP contribution in [0.1, 0.15) is 19.4 Å². The third kappa shape index (κ3) is 5.77. The summed E-state index contributed by atoms with van der Waals surface area (Å²) in [4.78, 5) is 23.8. The molecule has 26 heavy (non-hydrogen) atoms. The van der Waals surface area contributed by atoms with Gasteiger partial charge >= 0.3 is 0 Å². The molecule has 0 bridgehead atoms.